The fourth-order valence-electron chi connectivity index (χ4n) is 12.4. The molecule has 2 N–H and O–H groups in total. The van der Waals surface area contributed by atoms with Gasteiger partial charge in [0, 0.05) is 74.1 Å². The van der Waals surface area contributed by atoms with Crippen molar-refractivity contribution in [2.75, 3.05) is 61.6 Å². The molecule has 1 aliphatic carbocycles. The first-order valence-electron chi connectivity index (χ1n) is 28.6. The highest BCUT2D eigenvalue weighted by Gasteiger charge is 2.60. The number of methoxy groups -OCH3 is 1. The maximum atomic E-state index is 13.3. The number of benzene rings is 5. The Balaban J connectivity index is 0.555. The third kappa shape index (κ3) is 10.4. The summed E-state index contributed by atoms with van der Waals surface area (Å²) in [4.78, 5) is 74.4. The molecular weight excluding hydrogens is 1070 g/mol. The number of imide groups is 2. The van der Waals surface area contributed by atoms with Gasteiger partial charge in [0.05, 0.1) is 55.4 Å². The van der Waals surface area contributed by atoms with Gasteiger partial charge in [-0.1, -0.05) is 76.2 Å². The molecule has 5 fully saturated rings. The van der Waals surface area contributed by atoms with Gasteiger partial charge < -0.3 is 43.5 Å². The van der Waals surface area contributed by atoms with Gasteiger partial charge in [0.2, 0.25) is 23.6 Å². The Kier molecular flexibility index (Phi) is 14.0. The minimum Gasteiger partial charge on any atom is -0.497 e. The number of carbonyl (C=O) groups excluding carboxylic acids is 4. The molecule has 430 valence electrons. The number of anilines is 3. The number of aromatic nitrogens is 4. The highest BCUT2D eigenvalue weighted by atomic mass is 16.6. The first kappa shape index (κ1) is 54.3. The molecule has 4 saturated heterocycles. The van der Waals surface area contributed by atoms with Crippen molar-refractivity contribution in [3.05, 3.63) is 173 Å². The molecule has 6 aliphatic rings. The van der Waals surface area contributed by atoms with Crippen LogP contribution in [-0.4, -0.2) is 125 Å². The fraction of sp³-hybridized carbons (Fsp3) is 0.354. The Labute approximate surface area is 486 Å². The van der Waals surface area contributed by atoms with E-state index >= 15 is 0 Å². The van der Waals surface area contributed by atoms with Gasteiger partial charge in [0.15, 0.2) is 0 Å². The molecule has 1 spiro atoms. The second-order valence-corrected chi connectivity index (χ2v) is 23.7. The Morgan fingerprint density at radius 2 is 1.26 bits per heavy atom. The van der Waals surface area contributed by atoms with Crippen molar-refractivity contribution in [2.24, 2.45) is 5.41 Å². The number of piperidine rings is 1. The van der Waals surface area contributed by atoms with E-state index in [4.69, 9.17) is 33.4 Å². The maximum Gasteiger partial charge on any atom is 0.262 e. The van der Waals surface area contributed by atoms with E-state index in [1.54, 1.807) is 44.0 Å². The summed E-state index contributed by atoms with van der Waals surface area (Å²) in [5.41, 5.74) is 5.25. The second kappa shape index (κ2) is 21.7. The number of nitrogens with one attached hydrogen (secondary N) is 2. The Bertz CT molecular complexity index is 3630. The topological polar surface area (TPSA) is 209 Å². The molecule has 7 heterocycles. The van der Waals surface area contributed by atoms with Crippen LogP contribution in [0.1, 0.15) is 96.3 Å². The molecule has 84 heavy (non-hydrogen) atoms. The number of ether oxygens (including phenoxy) is 6. The van der Waals surface area contributed by atoms with Gasteiger partial charge in [-0.25, -0.2) is 19.9 Å². The molecule has 1 saturated carbocycles. The lowest BCUT2D eigenvalue weighted by molar-refractivity contribution is -0.246. The van der Waals surface area contributed by atoms with Crippen LogP contribution in [0.5, 0.6) is 34.8 Å². The third-order valence-corrected chi connectivity index (χ3v) is 17.7. The van der Waals surface area contributed by atoms with Gasteiger partial charge in [0.1, 0.15) is 59.2 Å². The van der Waals surface area contributed by atoms with E-state index in [2.05, 4.69) is 112 Å². The number of morpholine rings is 1. The lowest BCUT2D eigenvalue weighted by Gasteiger charge is -2.62. The molecule has 0 bridgehead atoms. The lowest BCUT2D eigenvalue weighted by atomic mass is 9.69. The predicted molar refractivity (Wildman–Crippen MR) is 311 cm³/mol. The number of amides is 4. The number of nitrogens with zero attached hydrogens (tertiary/aromatic N) is 7. The number of fused-ring (bicyclic) bond motifs is 1. The van der Waals surface area contributed by atoms with E-state index in [9.17, 15) is 19.2 Å². The Hall–Kier alpha value is -8.94. The highest BCUT2D eigenvalue weighted by Crippen LogP contribution is 2.48. The molecule has 19 nitrogen and oxygen atoms in total. The fourth-order valence-corrected chi connectivity index (χ4v) is 12.4. The number of hydrogen-bond acceptors (Lipinski definition) is 17. The smallest absolute Gasteiger partial charge is 0.262 e. The zero-order valence-corrected chi connectivity index (χ0v) is 47.4. The van der Waals surface area contributed by atoms with Crippen LogP contribution < -0.4 is 39.4 Å². The van der Waals surface area contributed by atoms with E-state index in [1.807, 2.05) is 54.6 Å². The molecule has 5 aromatic carbocycles. The van der Waals surface area contributed by atoms with Crippen LogP contribution in [0, 0.1) is 5.41 Å². The van der Waals surface area contributed by atoms with Crippen LogP contribution >= 0.6 is 0 Å². The normalized spacial score (nSPS) is 21.9. The zero-order valence-electron chi connectivity index (χ0n) is 47.4. The number of rotatable bonds is 17. The van der Waals surface area contributed by atoms with E-state index in [-0.39, 0.29) is 64.6 Å². The minimum atomic E-state index is -1.00. The van der Waals surface area contributed by atoms with Crippen molar-refractivity contribution >= 4 is 41.0 Å². The average molecular weight is 1130 g/mol. The Morgan fingerprint density at radius 3 is 1.86 bits per heavy atom. The van der Waals surface area contributed by atoms with Crippen LogP contribution in [0.15, 0.2) is 140 Å². The van der Waals surface area contributed by atoms with Crippen molar-refractivity contribution in [2.45, 2.75) is 94.6 Å². The average Bonchev–Trinajstić information content (AvgIpc) is 0.979. The first-order chi connectivity index (χ1) is 40.6. The van der Waals surface area contributed by atoms with Crippen molar-refractivity contribution in [1.82, 2.24) is 30.2 Å². The SMILES string of the molecule is COc1ccc(C(C)(C)c2ccc(Oc3cc(N4CC5(COC5C5CN(c6cnc(Oc7ccc(C(C)(C)c8ccc(O[C@H]9C[C@H](Nc%10ccc%11c(c%10)C(=O)N(C%10CCC(=O)NC%10=O)C%11=O)C9)cc8)cc7)cn6)CCO5)C4)ncn3)cc2)cc1. The van der Waals surface area contributed by atoms with Crippen LogP contribution in [0.3, 0.4) is 0 Å². The Morgan fingerprint density at radius 1 is 0.643 bits per heavy atom. The minimum absolute atomic E-state index is 0.0141. The first-order valence-corrected chi connectivity index (χ1v) is 28.6. The molecule has 3 atom stereocenters. The molecule has 4 amide bonds. The lowest BCUT2D eigenvalue weighted by Crippen LogP contribution is -2.75. The summed E-state index contributed by atoms with van der Waals surface area (Å²) in [6, 6.07) is 38.7. The molecule has 0 radical (unpaired) electrons. The maximum absolute atomic E-state index is 13.3. The summed E-state index contributed by atoms with van der Waals surface area (Å²) in [7, 11) is 1.68. The van der Waals surface area contributed by atoms with Crippen LogP contribution in [0.4, 0.5) is 17.3 Å². The third-order valence-electron chi connectivity index (χ3n) is 17.7. The van der Waals surface area contributed by atoms with Crippen molar-refractivity contribution in [3.63, 3.8) is 0 Å². The van der Waals surface area contributed by atoms with Gasteiger partial charge >= 0.3 is 0 Å². The summed E-state index contributed by atoms with van der Waals surface area (Å²) >= 11 is 0. The number of hydrogen-bond donors (Lipinski definition) is 2. The molecule has 2 aromatic heterocycles. The van der Waals surface area contributed by atoms with Crippen molar-refractivity contribution < 1.29 is 47.6 Å². The summed E-state index contributed by atoms with van der Waals surface area (Å²) in [6.07, 6.45) is 6.48. The van der Waals surface area contributed by atoms with E-state index in [1.165, 1.54) is 11.1 Å². The monoisotopic (exact) mass is 1130 g/mol. The van der Waals surface area contributed by atoms with Gasteiger partial charge in [-0.05, 0) is 95.4 Å². The summed E-state index contributed by atoms with van der Waals surface area (Å²) in [6.45, 7) is 12.9. The molecular formula is C65H65N9O10. The van der Waals surface area contributed by atoms with Crippen LogP contribution in [0.25, 0.3) is 0 Å². The van der Waals surface area contributed by atoms with Gasteiger partial charge in [0.25, 0.3) is 11.8 Å². The molecule has 7 aromatic rings. The van der Waals surface area contributed by atoms with E-state index in [0.29, 0.717) is 55.2 Å². The summed E-state index contributed by atoms with van der Waals surface area (Å²) in [5.74, 6) is 3.32. The predicted octanol–water partition coefficient (Wildman–Crippen LogP) is 9.05. The second-order valence-electron chi connectivity index (χ2n) is 23.7. The van der Waals surface area contributed by atoms with E-state index in [0.717, 1.165) is 65.1 Å². The molecule has 5 aliphatic heterocycles. The standard InChI is InChI=1S/C65H65N9O10/c1-63(2,39-6-15-45(79-5)16-7-39)41-10-19-47(20-11-41)83-57-31-54(68-38-69-57)73-35-65(36-73)37-81-59(65)53-34-72(26-27-80-53)55-32-67-58(33-66-55)84-48-21-12-42(13-22-48)64(3,4)40-8-17-46(18-9-40)82-49-28-44(29-49)70-43-14-23-50-51(30-43)62(78)74(61(50)77)52-24-25-56(75)71-60(52)76/h6-23,30-33,38,44,49,52-53,59,70H,24-29,34-37H2,1-5H3,(H,71,75,76)/t44-,49-,52?,53?,59?. The van der Waals surface area contributed by atoms with Crippen LogP contribution in [-0.2, 0) is 29.9 Å². The largest absolute Gasteiger partial charge is 0.497 e. The van der Waals surface area contributed by atoms with Gasteiger partial charge in [-0.3, -0.25) is 29.4 Å². The molecule has 13 rings (SSSR count). The highest BCUT2D eigenvalue weighted by molar-refractivity contribution is 6.23. The van der Waals surface area contributed by atoms with E-state index < -0.39 is 29.7 Å². The van der Waals surface area contributed by atoms with Crippen molar-refractivity contribution in [1.29, 1.82) is 0 Å². The molecule has 3 unspecified atom stereocenters. The summed E-state index contributed by atoms with van der Waals surface area (Å²) < 4.78 is 36.7. The summed E-state index contributed by atoms with van der Waals surface area (Å²) in [5, 5.41) is 5.69. The van der Waals surface area contributed by atoms with Gasteiger partial charge in [-0.15, -0.1) is 0 Å². The number of carbonyl (C=O) groups is 4. The zero-order chi connectivity index (χ0) is 57.9. The quantitative estimate of drug-likeness (QED) is 0.0815. The van der Waals surface area contributed by atoms with Crippen LogP contribution in [0.2, 0.25) is 0 Å². The van der Waals surface area contributed by atoms with Gasteiger partial charge in [-0.2, -0.15) is 0 Å². The van der Waals surface area contributed by atoms with Crippen molar-refractivity contribution in [3.8, 4) is 34.8 Å². The molecule has 19 heteroatoms.